The molecule has 4 rings (SSSR count). The van der Waals surface area contributed by atoms with Gasteiger partial charge in [-0.1, -0.05) is 6.42 Å². The highest BCUT2D eigenvalue weighted by Gasteiger charge is 2.35. The third-order valence-corrected chi connectivity index (χ3v) is 5.13. The fraction of sp³-hybridized carbons (Fsp3) is 0.316. The summed E-state index contributed by atoms with van der Waals surface area (Å²) in [5.74, 6) is 0. The van der Waals surface area contributed by atoms with E-state index in [1.807, 2.05) is 6.07 Å². The average Bonchev–Trinajstić information content (AvgIpc) is 2.97. The van der Waals surface area contributed by atoms with Gasteiger partial charge in [-0.3, -0.25) is 5.10 Å². The van der Waals surface area contributed by atoms with E-state index in [1.54, 1.807) is 12.3 Å². The SMILES string of the molecule is N=CC(=C(N)C(F)(F)F)c1nc2ccc3[nH]ncc3c2c2c1CCCCC2. The number of hydrogen-bond donors (Lipinski definition) is 3. The number of rotatable bonds is 2. The van der Waals surface area contributed by atoms with E-state index in [0.29, 0.717) is 18.2 Å². The number of benzene rings is 1. The fourth-order valence-electron chi connectivity index (χ4n) is 3.87. The standard InChI is InChI=1S/C19H18F3N5/c20-19(21,22)18(24)12(8-23)17-11-5-3-1-2-4-10(11)16-13-9-25-27-14(13)6-7-15(16)26-17/h6-9,23H,1-5,24H2,(H,25,27). The molecule has 1 aliphatic carbocycles. The topological polar surface area (TPSA) is 91.4 Å². The summed E-state index contributed by atoms with van der Waals surface area (Å²) in [6, 6.07) is 3.58. The number of hydrogen-bond acceptors (Lipinski definition) is 4. The fourth-order valence-corrected chi connectivity index (χ4v) is 3.87. The summed E-state index contributed by atoms with van der Waals surface area (Å²) in [6.07, 6.45) is 1.86. The number of pyridine rings is 1. The van der Waals surface area contributed by atoms with E-state index in [9.17, 15) is 13.2 Å². The van der Waals surface area contributed by atoms with E-state index in [2.05, 4.69) is 15.2 Å². The molecule has 0 atom stereocenters. The second kappa shape index (κ2) is 6.37. The Bertz CT molecular complexity index is 1080. The zero-order valence-electron chi connectivity index (χ0n) is 14.5. The highest BCUT2D eigenvalue weighted by atomic mass is 19.4. The van der Waals surface area contributed by atoms with Crippen molar-refractivity contribution in [1.29, 1.82) is 5.41 Å². The highest BCUT2D eigenvalue weighted by molar-refractivity contribution is 6.12. The Labute approximate surface area is 153 Å². The largest absolute Gasteiger partial charge is 0.431 e. The van der Waals surface area contributed by atoms with Crippen molar-refractivity contribution in [3.05, 3.63) is 40.8 Å². The van der Waals surface area contributed by atoms with Gasteiger partial charge in [0.1, 0.15) is 5.70 Å². The van der Waals surface area contributed by atoms with Crippen LogP contribution in [-0.2, 0) is 12.8 Å². The molecule has 1 aliphatic rings. The highest BCUT2D eigenvalue weighted by Crippen LogP contribution is 2.37. The number of fused-ring (bicyclic) bond motifs is 5. The van der Waals surface area contributed by atoms with Crippen LogP contribution >= 0.6 is 0 Å². The molecule has 5 nitrogen and oxygen atoms in total. The number of nitrogens with one attached hydrogen (secondary N) is 2. The first-order chi connectivity index (χ1) is 12.9. The van der Waals surface area contributed by atoms with Crippen molar-refractivity contribution in [2.45, 2.75) is 38.3 Å². The summed E-state index contributed by atoms with van der Waals surface area (Å²) in [4.78, 5) is 4.53. The zero-order chi connectivity index (χ0) is 19.2. The number of H-pyrrole nitrogens is 1. The Morgan fingerprint density at radius 2 is 1.89 bits per heavy atom. The molecule has 8 heteroatoms. The van der Waals surface area contributed by atoms with Gasteiger partial charge in [-0.15, -0.1) is 0 Å². The maximum Gasteiger partial charge on any atom is 0.431 e. The van der Waals surface area contributed by atoms with Gasteiger partial charge in [0, 0.05) is 22.6 Å². The molecule has 27 heavy (non-hydrogen) atoms. The van der Waals surface area contributed by atoms with Crippen LogP contribution in [0.2, 0.25) is 0 Å². The second-order valence-electron chi connectivity index (χ2n) is 6.74. The van der Waals surface area contributed by atoms with E-state index in [4.69, 9.17) is 11.1 Å². The van der Waals surface area contributed by atoms with Gasteiger partial charge in [0.25, 0.3) is 0 Å². The van der Waals surface area contributed by atoms with E-state index >= 15 is 0 Å². The lowest BCUT2D eigenvalue weighted by Gasteiger charge is -2.18. The van der Waals surface area contributed by atoms with Crippen molar-refractivity contribution in [1.82, 2.24) is 15.2 Å². The molecule has 0 aliphatic heterocycles. The van der Waals surface area contributed by atoms with Crippen LogP contribution in [0.15, 0.2) is 24.0 Å². The van der Waals surface area contributed by atoms with Gasteiger partial charge in [-0.05, 0) is 48.9 Å². The molecular formula is C19H18F3N5. The minimum atomic E-state index is -4.71. The van der Waals surface area contributed by atoms with Gasteiger partial charge in [0.05, 0.1) is 22.9 Å². The van der Waals surface area contributed by atoms with E-state index in [0.717, 1.165) is 53.1 Å². The second-order valence-corrected chi connectivity index (χ2v) is 6.74. The van der Waals surface area contributed by atoms with Crippen LogP contribution in [0.3, 0.4) is 0 Å². The number of alkyl halides is 3. The van der Waals surface area contributed by atoms with Gasteiger partial charge in [0.2, 0.25) is 0 Å². The molecule has 0 spiro atoms. The first kappa shape index (κ1) is 17.5. The van der Waals surface area contributed by atoms with Gasteiger partial charge in [0.15, 0.2) is 0 Å². The number of halogens is 3. The van der Waals surface area contributed by atoms with E-state index < -0.39 is 11.9 Å². The summed E-state index contributed by atoms with van der Waals surface area (Å²) >= 11 is 0. The van der Waals surface area contributed by atoms with Gasteiger partial charge < -0.3 is 11.1 Å². The first-order valence-electron chi connectivity index (χ1n) is 8.77. The number of aryl methyl sites for hydroxylation is 1. The summed E-state index contributed by atoms with van der Waals surface area (Å²) in [5.41, 5.74) is 7.12. The zero-order valence-corrected chi connectivity index (χ0v) is 14.5. The molecule has 2 heterocycles. The maximum absolute atomic E-state index is 13.2. The normalized spacial score (nSPS) is 16.1. The summed E-state index contributed by atoms with van der Waals surface area (Å²) < 4.78 is 39.7. The predicted octanol–water partition coefficient (Wildman–Crippen LogP) is 4.26. The number of allylic oxidation sites excluding steroid dienone is 2. The molecule has 0 amide bonds. The lowest BCUT2D eigenvalue weighted by molar-refractivity contribution is -0.0919. The number of aromatic amines is 1. The molecule has 0 saturated carbocycles. The smallest absolute Gasteiger partial charge is 0.394 e. The van der Waals surface area contributed by atoms with Crippen molar-refractivity contribution >= 4 is 33.6 Å². The molecular weight excluding hydrogens is 355 g/mol. The number of nitrogens with zero attached hydrogens (tertiary/aromatic N) is 2. The Morgan fingerprint density at radius 3 is 2.59 bits per heavy atom. The van der Waals surface area contributed by atoms with Crippen molar-refractivity contribution < 1.29 is 13.2 Å². The van der Waals surface area contributed by atoms with Crippen LogP contribution in [0.25, 0.3) is 27.4 Å². The molecule has 0 bridgehead atoms. The van der Waals surface area contributed by atoms with Crippen molar-refractivity contribution in [2.75, 3.05) is 0 Å². The minimum absolute atomic E-state index is 0.173. The minimum Gasteiger partial charge on any atom is -0.394 e. The molecule has 1 aromatic carbocycles. The Morgan fingerprint density at radius 1 is 1.15 bits per heavy atom. The van der Waals surface area contributed by atoms with Gasteiger partial charge in [-0.25, -0.2) is 4.98 Å². The molecule has 0 radical (unpaired) electrons. The Balaban J connectivity index is 2.12. The molecule has 0 saturated heterocycles. The third kappa shape index (κ3) is 2.85. The summed E-state index contributed by atoms with van der Waals surface area (Å²) in [7, 11) is 0. The molecule has 3 aromatic rings. The van der Waals surface area contributed by atoms with Crippen LogP contribution < -0.4 is 5.73 Å². The maximum atomic E-state index is 13.2. The monoisotopic (exact) mass is 373 g/mol. The van der Waals surface area contributed by atoms with E-state index in [-0.39, 0.29) is 11.3 Å². The molecule has 4 N–H and O–H groups in total. The lowest BCUT2D eigenvalue weighted by atomic mass is 9.92. The van der Waals surface area contributed by atoms with Crippen LogP contribution in [0.5, 0.6) is 0 Å². The third-order valence-electron chi connectivity index (χ3n) is 5.13. The quantitative estimate of drug-likeness (QED) is 0.463. The van der Waals surface area contributed by atoms with Gasteiger partial charge in [-0.2, -0.15) is 18.3 Å². The molecule has 0 unspecified atom stereocenters. The van der Waals surface area contributed by atoms with Crippen molar-refractivity contribution in [2.24, 2.45) is 5.73 Å². The van der Waals surface area contributed by atoms with Crippen LogP contribution in [0.1, 0.15) is 36.1 Å². The number of nitrogens with two attached hydrogens (primary N) is 1. The van der Waals surface area contributed by atoms with Crippen molar-refractivity contribution in [3.63, 3.8) is 0 Å². The number of aromatic nitrogens is 3. The predicted molar refractivity (Wildman–Crippen MR) is 98.6 cm³/mol. The molecule has 2 aromatic heterocycles. The summed E-state index contributed by atoms with van der Waals surface area (Å²) in [5, 5.41) is 16.4. The van der Waals surface area contributed by atoms with Gasteiger partial charge >= 0.3 is 6.18 Å². The molecule has 140 valence electrons. The average molecular weight is 373 g/mol. The Hall–Kier alpha value is -2.90. The van der Waals surface area contributed by atoms with Crippen LogP contribution in [0, 0.1) is 5.41 Å². The van der Waals surface area contributed by atoms with Crippen molar-refractivity contribution in [3.8, 4) is 0 Å². The first-order valence-corrected chi connectivity index (χ1v) is 8.77. The molecule has 0 fully saturated rings. The summed E-state index contributed by atoms with van der Waals surface area (Å²) in [6.45, 7) is 0. The van der Waals surface area contributed by atoms with Crippen LogP contribution in [-0.4, -0.2) is 27.6 Å². The van der Waals surface area contributed by atoms with E-state index in [1.165, 1.54) is 0 Å². The lowest BCUT2D eigenvalue weighted by Crippen LogP contribution is -2.22. The Kier molecular flexibility index (Phi) is 4.13. The van der Waals surface area contributed by atoms with Crippen LogP contribution in [0.4, 0.5) is 13.2 Å².